The van der Waals surface area contributed by atoms with Gasteiger partial charge in [0.1, 0.15) is 0 Å². The Morgan fingerprint density at radius 1 is 1.31 bits per heavy atom. The SMILES string of the molecule is CC(C)CCSc1ccc(C(=O)CBr)cc1. The van der Waals surface area contributed by atoms with E-state index < -0.39 is 0 Å². The number of halogens is 1. The molecule has 0 aliphatic heterocycles. The second kappa shape index (κ2) is 7.13. The van der Waals surface area contributed by atoms with Gasteiger partial charge >= 0.3 is 0 Å². The van der Waals surface area contributed by atoms with Gasteiger partial charge in [-0.05, 0) is 30.2 Å². The van der Waals surface area contributed by atoms with Gasteiger partial charge in [0.15, 0.2) is 5.78 Å². The Morgan fingerprint density at radius 3 is 2.44 bits per heavy atom. The molecular weight excluding hydrogens is 284 g/mol. The largest absolute Gasteiger partial charge is 0.293 e. The van der Waals surface area contributed by atoms with Gasteiger partial charge in [0.2, 0.25) is 0 Å². The lowest BCUT2D eigenvalue weighted by Crippen LogP contribution is -1.98. The number of hydrogen-bond acceptors (Lipinski definition) is 2. The van der Waals surface area contributed by atoms with Crippen molar-refractivity contribution in [1.82, 2.24) is 0 Å². The van der Waals surface area contributed by atoms with Gasteiger partial charge in [-0.25, -0.2) is 0 Å². The van der Waals surface area contributed by atoms with E-state index in [1.807, 2.05) is 36.0 Å². The Balaban J connectivity index is 2.48. The van der Waals surface area contributed by atoms with E-state index in [2.05, 4.69) is 29.8 Å². The van der Waals surface area contributed by atoms with E-state index >= 15 is 0 Å². The van der Waals surface area contributed by atoms with Crippen molar-refractivity contribution in [1.29, 1.82) is 0 Å². The summed E-state index contributed by atoms with van der Waals surface area (Å²) < 4.78 is 0. The van der Waals surface area contributed by atoms with Crippen molar-refractivity contribution in [3.63, 3.8) is 0 Å². The fourth-order valence-corrected chi connectivity index (χ4v) is 2.70. The molecule has 0 atom stereocenters. The highest BCUT2D eigenvalue weighted by molar-refractivity contribution is 9.09. The minimum absolute atomic E-state index is 0.138. The van der Waals surface area contributed by atoms with Crippen LogP contribution in [0.1, 0.15) is 30.6 Å². The number of thioether (sulfide) groups is 1. The van der Waals surface area contributed by atoms with Crippen molar-refractivity contribution < 1.29 is 4.79 Å². The summed E-state index contributed by atoms with van der Waals surface area (Å²) in [6, 6.07) is 7.87. The average molecular weight is 301 g/mol. The molecule has 3 heteroatoms. The highest BCUT2D eigenvalue weighted by Gasteiger charge is 2.03. The van der Waals surface area contributed by atoms with E-state index in [9.17, 15) is 4.79 Å². The van der Waals surface area contributed by atoms with Gasteiger partial charge < -0.3 is 0 Å². The molecular formula is C13H17BrOS. The third-order valence-electron chi connectivity index (χ3n) is 2.26. The molecule has 0 saturated heterocycles. The molecule has 1 nitrogen and oxygen atoms in total. The van der Waals surface area contributed by atoms with Crippen LogP contribution in [0.5, 0.6) is 0 Å². The van der Waals surface area contributed by atoms with E-state index in [1.54, 1.807) is 0 Å². The molecule has 0 bridgehead atoms. The number of benzene rings is 1. The average Bonchev–Trinajstić information content (AvgIpc) is 2.28. The maximum absolute atomic E-state index is 11.4. The lowest BCUT2D eigenvalue weighted by molar-refractivity contribution is 0.102. The minimum atomic E-state index is 0.138. The second-order valence-corrected chi connectivity index (χ2v) is 5.84. The second-order valence-electron chi connectivity index (χ2n) is 4.11. The predicted molar refractivity (Wildman–Crippen MR) is 74.7 cm³/mol. The van der Waals surface area contributed by atoms with Crippen LogP contribution in [0, 0.1) is 5.92 Å². The fourth-order valence-electron chi connectivity index (χ4n) is 1.23. The summed E-state index contributed by atoms with van der Waals surface area (Å²) in [6.07, 6.45) is 1.23. The third-order valence-corrected chi connectivity index (χ3v) is 3.82. The Kier molecular flexibility index (Phi) is 6.14. The maximum atomic E-state index is 11.4. The fraction of sp³-hybridized carbons (Fsp3) is 0.462. The van der Waals surface area contributed by atoms with Crippen LogP contribution >= 0.6 is 27.7 Å². The molecule has 1 aromatic rings. The van der Waals surface area contributed by atoms with Crippen LogP contribution in [0.3, 0.4) is 0 Å². The summed E-state index contributed by atoms with van der Waals surface area (Å²) in [5, 5.41) is 0.396. The van der Waals surface area contributed by atoms with Gasteiger partial charge in [0.25, 0.3) is 0 Å². The third kappa shape index (κ3) is 4.71. The zero-order chi connectivity index (χ0) is 12.0. The highest BCUT2D eigenvalue weighted by Crippen LogP contribution is 2.21. The first-order valence-electron chi connectivity index (χ1n) is 5.45. The van der Waals surface area contributed by atoms with E-state index in [0.29, 0.717) is 5.33 Å². The molecule has 88 valence electrons. The Labute approximate surface area is 110 Å². The van der Waals surface area contributed by atoms with Gasteiger partial charge in [0.05, 0.1) is 5.33 Å². The molecule has 0 unspecified atom stereocenters. The van der Waals surface area contributed by atoms with Crippen LogP contribution in [0.4, 0.5) is 0 Å². The standard InChI is InChI=1S/C13H17BrOS/c1-10(2)7-8-16-12-5-3-11(4-6-12)13(15)9-14/h3-6,10H,7-9H2,1-2H3. The molecule has 0 N–H and O–H groups in total. The van der Waals surface area contributed by atoms with Crippen LogP contribution in [-0.2, 0) is 0 Å². The van der Waals surface area contributed by atoms with Crippen LogP contribution in [0.15, 0.2) is 29.2 Å². The zero-order valence-corrected chi connectivity index (χ0v) is 12.1. The topological polar surface area (TPSA) is 17.1 Å². The van der Waals surface area contributed by atoms with Crippen molar-refractivity contribution >= 4 is 33.5 Å². The zero-order valence-electron chi connectivity index (χ0n) is 9.70. The van der Waals surface area contributed by atoms with E-state index in [-0.39, 0.29) is 5.78 Å². The van der Waals surface area contributed by atoms with Crippen LogP contribution in [0.25, 0.3) is 0 Å². The Hall–Kier alpha value is -0.280. The summed E-state index contributed by atoms with van der Waals surface area (Å²) in [5.41, 5.74) is 0.782. The predicted octanol–water partition coefficient (Wildman–Crippen LogP) is 4.40. The molecule has 0 radical (unpaired) electrons. The molecule has 1 rings (SSSR count). The van der Waals surface area contributed by atoms with Gasteiger partial charge in [-0.1, -0.05) is 41.9 Å². The summed E-state index contributed by atoms with van der Waals surface area (Å²) in [4.78, 5) is 12.6. The van der Waals surface area contributed by atoms with Crippen molar-refractivity contribution in [2.24, 2.45) is 5.92 Å². The quantitative estimate of drug-likeness (QED) is 0.440. The van der Waals surface area contributed by atoms with E-state index in [0.717, 1.165) is 17.2 Å². The summed E-state index contributed by atoms with van der Waals surface area (Å²) in [6.45, 7) is 4.47. The highest BCUT2D eigenvalue weighted by atomic mass is 79.9. The number of hydrogen-bond donors (Lipinski definition) is 0. The summed E-state index contributed by atoms with van der Waals surface area (Å²) >= 11 is 5.03. The Morgan fingerprint density at radius 2 is 1.94 bits per heavy atom. The first-order valence-corrected chi connectivity index (χ1v) is 7.56. The molecule has 1 aromatic carbocycles. The molecule has 0 aliphatic carbocycles. The number of carbonyl (C=O) groups excluding carboxylic acids is 1. The van der Waals surface area contributed by atoms with Crippen molar-refractivity contribution in [2.45, 2.75) is 25.2 Å². The summed E-state index contributed by atoms with van der Waals surface area (Å²) in [5.74, 6) is 2.03. The van der Waals surface area contributed by atoms with Gasteiger partial charge in [0, 0.05) is 10.5 Å². The minimum Gasteiger partial charge on any atom is -0.293 e. The normalized spacial score (nSPS) is 10.8. The molecule has 0 amide bonds. The summed E-state index contributed by atoms with van der Waals surface area (Å²) in [7, 11) is 0. The van der Waals surface area contributed by atoms with E-state index in [1.165, 1.54) is 11.3 Å². The Bertz CT molecular complexity index is 332. The molecule has 0 heterocycles. The molecule has 0 fully saturated rings. The molecule has 0 aromatic heterocycles. The van der Waals surface area contributed by atoms with Crippen molar-refractivity contribution in [3.05, 3.63) is 29.8 Å². The number of alkyl halides is 1. The van der Waals surface area contributed by atoms with Gasteiger partial charge in [-0.3, -0.25) is 4.79 Å². The van der Waals surface area contributed by atoms with Crippen molar-refractivity contribution in [2.75, 3.05) is 11.1 Å². The van der Waals surface area contributed by atoms with E-state index in [4.69, 9.17) is 0 Å². The van der Waals surface area contributed by atoms with Crippen LogP contribution in [0.2, 0.25) is 0 Å². The lowest BCUT2D eigenvalue weighted by Gasteiger charge is -2.05. The maximum Gasteiger partial charge on any atom is 0.173 e. The first kappa shape index (κ1) is 13.8. The number of carbonyl (C=O) groups is 1. The number of Topliss-reactive ketones (excluding diaryl/α,β-unsaturated/α-hetero) is 1. The van der Waals surface area contributed by atoms with Gasteiger partial charge in [-0.15, -0.1) is 11.8 Å². The lowest BCUT2D eigenvalue weighted by atomic mass is 10.2. The van der Waals surface area contributed by atoms with Crippen LogP contribution in [-0.4, -0.2) is 16.9 Å². The smallest absolute Gasteiger partial charge is 0.173 e. The molecule has 0 aliphatic rings. The first-order chi connectivity index (χ1) is 7.63. The van der Waals surface area contributed by atoms with Crippen molar-refractivity contribution in [3.8, 4) is 0 Å². The number of ketones is 1. The van der Waals surface area contributed by atoms with Crippen LogP contribution < -0.4 is 0 Å². The van der Waals surface area contributed by atoms with Gasteiger partial charge in [-0.2, -0.15) is 0 Å². The monoisotopic (exact) mass is 300 g/mol. The number of rotatable bonds is 6. The molecule has 16 heavy (non-hydrogen) atoms. The molecule has 0 saturated carbocycles. The molecule has 0 spiro atoms.